The van der Waals surface area contributed by atoms with Crippen LogP contribution in [0.3, 0.4) is 0 Å². The molecule has 2 aromatic carbocycles. The molecule has 1 heterocycles. The molecule has 1 fully saturated rings. The molecule has 0 atom stereocenters. The molecule has 0 saturated carbocycles. The zero-order valence-corrected chi connectivity index (χ0v) is 19.0. The summed E-state index contributed by atoms with van der Waals surface area (Å²) in [5.41, 5.74) is 1.59. The molecule has 0 aliphatic carbocycles. The summed E-state index contributed by atoms with van der Waals surface area (Å²) in [5.74, 6) is 1.21. The largest absolute Gasteiger partial charge is 0.490 e. The average Bonchev–Trinajstić information content (AvgIpc) is 2.99. The first kappa shape index (κ1) is 21.0. The summed E-state index contributed by atoms with van der Waals surface area (Å²) in [7, 11) is 0. The van der Waals surface area contributed by atoms with Crippen LogP contribution in [-0.4, -0.2) is 24.3 Å². The highest BCUT2D eigenvalue weighted by Crippen LogP contribution is 2.36. The van der Waals surface area contributed by atoms with Gasteiger partial charge in [-0.05, 0) is 96.2 Å². The van der Waals surface area contributed by atoms with Crippen LogP contribution in [-0.2, 0) is 4.79 Å². The van der Waals surface area contributed by atoms with Crippen LogP contribution in [0, 0.1) is 3.57 Å². The summed E-state index contributed by atoms with van der Waals surface area (Å²) >= 11 is 9.40. The average molecular weight is 529 g/mol. The second-order valence-electron chi connectivity index (χ2n) is 5.65. The van der Waals surface area contributed by atoms with Crippen molar-refractivity contribution in [2.24, 2.45) is 4.99 Å². The number of nitrogens with one attached hydrogen (secondary N) is 1. The van der Waals surface area contributed by atoms with Crippen molar-refractivity contribution in [1.29, 1.82) is 0 Å². The first-order valence-corrected chi connectivity index (χ1v) is 10.9. The van der Waals surface area contributed by atoms with Gasteiger partial charge in [-0.3, -0.25) is 4.79 Å². The number of nitrogens with zero attached hydrogens (tertiary/aromatic N) is 1. The van der Waals surface area contributed by atoms with Crippen LogP contribution in [0.5, 0.6) is 11.5 Å². The highest BCUT2D eigenvalue weighted by atomic mass is 127. The van der Waals surface area contributed by atoms with E-state index >= 15 is 0 Å². The molecular weight excluding hydrogens is 511 g/mol. The number of amides is 1. The molecule has 1 N–H and O–H groups in total. The van der Waals surface area contributed by atoms with E-state index in [0.717, 1.165) is 20.6 Å². The smallest absolute Gasteiger partial charge is 0.264 e. The summed E-state index contributed by atoms with van der Waals surface area (Å²) in [6.07, 6.45) is 1.82. The van der Waals surface area contributed by atoms with Crippen LogP contribution >= 0.6 is 46.0 Å². The lowest BCUT2D eigenvalue weighted by atomic mass is 10.2. The molecule has 0 unspecified atom stereocenters. The lowest BCUT2D eigenvalue weighted by Crippen LogP contribution is -2.19. The fourth-order valence-corrected chi connectivity index (χ4v) is 4.23. The van der Waals surface area contributed by atoms with Gasteiger partial charge in [0.15, 0.2) is 16.7 Å². The second-order valence-corrected chi connectivity index (χ2v) is 8.28. The van der Waals surface area contributed by atoms with E-state index in [2.05, 4.69) is 32.9 Å². The van der Waals surface area contributed by atoms with Gasteiger partial charge < -0.3 is 14.8 Å². The Bertz CT molecular complexity index is 945. The normalized spacial score (nSPS) is 16.5. The summed E-state index contributed by atoms with van der Waals surface area (Å²) < 4.78 is 12.3. The van der Waals surface area contributed by atoms with E-state index in [4.69, 9.17) is 21.1 Å². The van der Waals surface area contributed by atoms with Gasteiger partial charge in [0.2, 0.25) is 0 Å². The number of ether oxygens (including phenoxy) is 2. The topological polar surface area (TPSA) is 59.9 Å². The third-order valence-electron chi connectivity index (χ3n) is 3.63. The number of amidine groups is 1. The van der Waals surface area contributed by atoms with Gasteiger partial charge in [0.25, 0.3) is 5.91 Å². The molecular formula is C20H18ClIN2O3S. The van der Waals surface area contributed by atoms with Gasteiger partial charge in [-0.15, -0.1) is 0 Å². The van der Waals surface area contributed by atoms with Gasteiger partial charge in [0.05, 0.1) is 27.4 Å². The maximum Gasteiger partial charge on any atom is 0.264 e. The third kappa shape index (κ3) is 5.21. The van der Waals surface area contributed by atoms with E-state index in [1.54, 1.807) is 24.3 Å². The second kappa shape index (κ2) is 9.67. The molecule has 146 valence electrons. The predicted octanol–water partition coefficient (Wildman–Crippen LogP) is 5.63. The van der Waals surface area contributed by atoms with Crippen LogP contribution in [0.15, 0.2) is 46.3 Å². The van der Waals surface area contributed by atoms with Crippen molar-refractivity contribution < 1.29 is 14.3 Å². The summed E-state index contributed by atoms with van der Waals surface area (Å²) in [6.45, 7) is 4.94. The Hall–Kier alpha value is -1.71. The number of aliphatic imine (C=N–C) groups is 1. The van der Waals surface area contributed by atoms with Gasteiger partial charge >= 0.3 is 0 Å². The lowest BCUT2D eigenvalue weighted by Gasteiger charge is -2.13. The van der Waals surface area contributed by atoms with Gasteiger partial charge in [-0.2, -0.15) is 0 Å². The Labute approximate surface area is 186 Å². The van der Waals surface area contributed by atoms with Crippen molar-refractivity contribution in [1.82, 2.24) is 5.32 Å². The van der Waals surface area contributed by atoms with E-state index in [1.807, 2.05) is 32.1 Å². The quantitative estimate of drug-likeness (QED) is 0.390. The highest BCUT2D eigenvalue weighted by Gasteiger charge is 2.24. The Morgan fingerprint density at radius 2 is 1.89 bits per heavy atom. The van der Waals surface area contributed by atoms with Crippen molar-refractivity contribution in [2.75, 3.05) is 13.2 Å². The van der Waals surface area contributed by atoms with Crippen molar-refractivity contribution >= 4 is 68.8 Å². The monoisotopic (exact) mass is 528 g/mol. The van der Waals surface area contributed by atoms with Crippen molar-refractivity contribution in [3.05, 3.63) is 55.5 Å². The summed E-state index contributed by atoms with van der Waals surface area (Å²) in [6, 6.07) is 11.0. The van der Waals surface area contributed by atoms with E-state index in [1.165, 1.54) is 11.8 Å². The molecule has 1 aliphatic heterocycles. The van der Waals surface area contributed by atoms with E-state index in [9.17, 15) is 4.79 Å². The first-order valence-electron chi connectivity index (χ1n) is 8.64. The fraction of sp³-hybridized carbons (Fsp3) is 0.200. The lowest BCUT2D eigenvalue weighted by molar-refractivity contribution is -0.115. The van der Waals surface area contributed by atoms with Crippen molar-refractivity contribution in [2.45, 2.75) is 13.8 Å². The highest BCUT2D eigenvalue weighted by molar-refractivity contribution is 14.1. The maximum absolute atomic E-state index is 12.3. The zero-order valence-electron chi connectivity index (χ0n) is 15.3. The van der Waals surface area contributed by atoms with Gasteiger partial charge in [-0.25, -0.2) is 4.99 Å². The number of carbonyl (C=O) groups excluding carboxylic acids is 1. The SMILES string of the molecule is CCOc1cc(/C=C2\SC(=Nc3ccc(Cl)cc3)NC2=O)cc(I)c1OCC. The molecule has 1 amide bonds. The molecule has 0 bridgehead atoms. The molecule has 8 heteroatoms. The molecule has 0 radical (unpaired) electrons. The van der Waals surface area contributed by atoms with Crippen molar-refractivity contribution in [3.8, 4) is 11.5 Å². The molecule has 0 aromatic heterocycles. The Kier molecular flexibility index (Phi) is 7.25. The van der Waals surface area contributed by atoms with Crippen LogP contribution in [0.2, 0.25) is 5.02 Å². The zero-order chi connectivity index (χ0) is 20.1. The molecule has 1 saturated heterocycles. The first-order chi connectivity index (χ1) is 13.5. The van der Waals surface area contributed by atoms with E-state index in [-0.39, 0.29) is 5.91 Å². The number of carbonyl (C=O) groups is 1. The molecule has 0 spiro atoms. The Balaban J connectivity index is 1.86. The maximum atomic E-state index is 12.3. The van der Waals surface area contributed by atoms with Gasteiger partial charge in [-0.1, -0.05) is 11.6 Å². The van der Waals surface area contributed by atoms with Crippen LogP contribution in [0.4, 0.5) is 5.69 Å². The predicted molar refractivity (Wildman–Crippen MR) is 124 cm³/mol. The molecule has 3 rings (SSSR count). The molecule has 5 nitrogen and oxygen atoms in total. The van der Waals surface area contributed by atoms with E-state index < -0.39 is 0 Å². The summed E-state index contributed by atoms with van der Waals surface area (Å²) in [5, 5.41) is 3.96. The third-order valence-corrected chi connectivity index (χ3v) is 5.59. The summed E-state index contributed by atoms with van der Waals surface area (Å²) in [4.78, 5) is 17.3. The molecule has 2 aromatic rings. The molecule has 1 aliphatic rings. The Morgan fingerprint density at radius 3 is 2.57 bits per heavy atom. The minimum Gasteiger partial charge on any atom is -0.490 e. The van der Waals surface area contributed by atoms with Crippen LogP contribution < -0.4 is 14.8 Å². The minimum atomic E-state index is -0.181. The van der Waals surface area contributed by atoms with Crippen LogP contribution in [0.1, 0.15) is 19.4 Å². The fourth-order valence-electron chi connectivity index (χ4n) is 2.48. The number of hydrogen-bond donors (Lipinski definition) is 1. The van der Waals surface area contributed by atoms with Crippen molar-refractivity contribution in [3.63, 3.8) is 0 Å². The number of halogens is 2. The number of rotatable bonds is 6. The minimum absolute atomic E-state index is 0.181. The number of thioether (sulfide) groups is 1. The van der Waals surface area contributed by atoms with Crippen LogP contribution in [0.25, 0.3) is 6.08 Å². The standard InChI is InChI=1S/C20H18ClIN2O3S/c1-3-26-16-10-12(9-15(22)18(16)27-4-2)11-17-19(25)24-20(28-17)23-14-7-5-13(21)6-8-14/h5-11H,3-4H2,1-2H3,(H,23,24,25)/b17-11-. The number of hydrogen-bond acceptors (Lipinski definition) is 5. The molecule has 28 heavy (non-hydrogen) atoms. The number of benzene rings is 2. The van der Waals surface area contributed by atoms with Gasteiger partial charge in [0.1, 0.15) is 0 Å². The Morgan fingerprint density at radius 1 is 1.18 bits per heavy atom. The van der Waals surface area contributed by atoms with Gasteiger partial charge in [0, 0.05) is 5.02 Å². The van der Waals surface area contributed by atoms with E-state index in [0.29, 0.717) is 34.1 Å².